The highest BCUT2D eigenvalue weighted by Gasteiger charge is 2.27. The Morgan fingerprint density at radius 2 is 1.80 bits per heavy atom. The van der Waals surface area contributed by atoms with Crippen LogP contribution >= 0.6 is 23.6 Å². The van der Waals surface area contributed by atoms with Gasteiger partial charge < -0.3 is 25.0 Å². The summed E-state index contributed by atoms with van der Waals surface area (Å²) in [6, 6.07) is 7.42. The lowest BCUT2D eigenvalue weighted by atomic mass is 10.1. The first-order valence-electron chi connectivity index (χ1n) is 9.68. The Kier molecular flexibility index (Phi) is 8.61. The molecule has 162 valence electrons. The third kappa shape index (κ3) is 5.28. The van der Waals surface area contributed by atoms with Crippen LogP contribution in [0.1, 0.15) is 46.4 Å². The second-order valence-electron chi connectivity index (χ2n) is 6.24. The van der Waals surface area contributed by atoms with Gasteiger partial charge in [-0.3, -0.25) is 4.79 Å². The van der Waals surface area contributed by atoms with Gasteiger partial charge in [-0.15, -0.1) is 11.3 Å². The maximum Gasteiger partial charge on any atom is 0.341 e. The summed E-state index contributed by atoms with van der Waals surface area (Å²) in [5.74, 6) is 0.0146. The fourth-order valence-electron chi connectivity index (χ4n) is 2.92. The predicted molar refractivity (Wildman–Crippen MR) is 125 cm³/mol. The molecule has 0 unspecified atom stereocenters. The molecule has 1 heterocycles. The van der Waals surface area contributed by atoms with Crippen LogP contribution in [0.4, 0.5) is 10.7 Å². The number of rotatable bonds is 8. The molecule has 7 nitrogen and oxygen atoms in total. The van der Waals surface area contributed by atoms with Crippen LogP contribution in [-0.2, 0) is 4.74 Å². The van der Waals surface area contributed by atoms with E-state index in [0.717, 1.165) is 0 Å². The molecule has 0 aliphatic rings. The number of thiocarbonyl (C=S) groups is 1. The fraction of sp³-hybridized carbons (Fsp3) is 0.381. The zero-order chi connectivity index (χ0) is 22.3. The number of nitrogens with zero attached hydrogens (tertiary/aromatic N) is 1. The third-order valence-corrected chi connectivity index (χ3v) is 5.84. The monoisotopic (exact) mass is 449 g/mol. The first-order valence-corrected chi connectivity index (χ1v) is 10.9. The summed E-state index contributed by atoms with van der Waals surface area (Å²) < 4.78 is 10.5. The molecule has 0 atom stereocenters. The predicted octanol–water partition coefficient (Wildman–Crippen LogP) is 4.53. The van der Waals surface area contributed by atoms with E-state index in [1.54, 1.807) is 11.8 Å². The van der Waals surface area contributed by atoms with Crippen LogP contribution in [0.25, 0.3) is 0 Å². The van der Waals surface area contributed by atoms with Crippen LogP contribution in [0, 0.1) is 6.92 Å². The molecule has 0 bridgehead atoms. The highest BCUT2D eigenvalue weighted by molar-refractivity contribution is 7.80. The van der Waals surface area contributed by atoms with Gasteiger partial charge in [0.05, 0.1) is 29.8 Å². The molecule has 0 saturated heterocycles. The number of hydrogen-bond donors (Lipinski definition) is 2. The Balaban J connectivity index is 2.34. The quantitative estimate of drug-likeness (QED) is 0.453. The second-order valence-corrected chi connectivity index (χ2v) is 7.67. The van der Waals surface area contributed by atoms with E-state index in [9.17, 15) is 9.59 Å². The maximum atomic E-state index is 12.9. The van der Waals surface area contributed by atoms with Crippen LogP contribution in [0.15, 0.2) is 24.3 Å². The van der Waals surface area contributed by atoms with Crippen molar-refractivity contribution < 1.29 is 19.1 Å². The number of para-hydroxylation sites is 2. The molecule has 1 aromatic heterocycles. The summed E-state index contributed by atoms with van der Waals surface area (Å²) in [4.78, 5) is 27.5. The van der Waals surface area contributed by atoms with Crippen molar-refractivity contribution in [2.24, 2.45) is 0 Å². The lowest BCUT2D eigenvalue weighted by Crippen LogP contribution is -2.30. The van der Waals surface area contributed by atoms with E-state index < -0.39 is 5.97 Å². The SMILES string of the molecule is CCOc1ccccc1NC(=S)Nc1sc(C(=O)N(CC)CC)c(C)c1C(=O)OC. The number of hydrogen-bond acceptors (Lipinski definition) is 6. The van der Waals surface area contributed by atoms with Gasteiger partial charge in [-0.05, 0) is 57.6 Å². The van der Waals surface area contributed by atoms with Crippen molar-refractivity contribution in [3.63, 3.8) is 0 Å². The summed E-state index contributed by atoms with van der Waals surface area (Å²) in [7, 11) is 1.31. The van der Waals surface area contributed by atoms with E-state index in [4.69, 9.17) is 21.7 Å². The number of nitrogens with one attached hydrogen (secondary N) is 2. The van der Waals surface area contributed by atoms with Gasteiger partial charge >= 0.3 is 5.97 Å². The van der Waals surface area contributed by atoms with Crippen LogP contribution < -0.4 is 15.4 Å². The van der Waals surface area contributed by atoms with Gasteiger partial charge in [0.25, 0.3) is 5.91 Å². The Labute approximate surface area is 186 Å². The molecule has 0 aliphatic carbocycles. The molecule has 2 aromatic rings. The molecular weight excluding hydrogens is 422 g/mol. The van der Waals surface area contributed by atoms with Crippen molar-refractivity contribution in [3.8, 4) is 5.75 Å². The Bertz CT molecular complexity index is 923. The van der Waals surface area contributed by atoms with Crippen LogP contribution in [0.3, 0.4) is 0 Å². The maximum absolute atomic E-state index is 12.9. The topological polar surface area (TPSA) is 79.9 Å². The Morgan fingerprint density at radius 3 is 2.40 bits per heavy atom. The van der Waals surface area contributed by atoms with Crippen molar-refractivity contribution in [2.75, 3.05) is 37.4 Å². The normalized spacial score (nSPS) is 10.3. The number of carbonyl (C=O) groups excluding carboxylic acids is 2. The summed E-state index contributed by atoms with van der Waals surface area (Å²) >= 11 is 6.63. The van der Waals surface area contributed by atoms with E-state index in [1.807, 2.05) is 45.0 Å². The third-order valence-electron chi connectivity index (χ3n) is 4.44. The smallest absolute Gasteiger partial charge is 0.341 e. The largest absolute Gasteiger partial charge is 0.492 e. The standard InChI is InChI=1S/C21H27N3O4S2/c1-6-24(7-2)19(25)17-13(4)16(20(26)27-5)18(30-17)23-21(29)22-14-11-9-10-12-15(14)28-8-3/h9-12H,6-8H2,1-5H3,(H2,22,23,29). The van der Waals surface area contributed by atoms with E-state index in [2.05, 4.69) is 10.6 Å². The van der Waals surface area contributed by atoms with Crippen molar-refractivity contribution in [1.82, 2.24) is 4.90 Å². The highest BCUT2D eigenvalue weighted by Crippen LogP contribution is 2.35. The number of esters is 1. The van der Waals surface area contributed by atoms with Crippen molar-refractivity contribution >= 4 is 51.2 Å². The molecule has 0 spiro atoms. The van der Waals surface area contributed by atoms with Crippen molar-refractivity contribution in [2.45, 2.75) is 27.7 Å². The zero-order valence-electron chi connectivity index (χ0n) is 17.8. The number of thiophene rings is 1. The molecule has 0 saturated carbocycles. The lowest BCUT2D eigenvalue weighted by molar-refractivity contribution is 0.0601. The van der Waals surface area contributed by atoms with Crippen LogP contribution in [0.2, 0.25) is 0 Å². The molecule has 2 rings (SSSR count). The molecule has 0 fully saturated rings. The van der Waals surface area contributed by atoms with Gasteiger partial charge in [-0.2, -0.15) is 0 Å². The van der Waals surface area contributed by atoms with Crippen LogP contribution in [-0.4, -0.2) is 48.7 Å². The zero-order valence-corrected chi connectivity index (χ0v) is 19.5. The molecule has 1 aromatic carbocycles. The summed E-state index contributed by atoms with van der Waals surface area (Å²) in [6.07, 6.45) is 0. The van der Waals surface area contributed by atoms with Crippen molar-refractivity contribution in [3.05, 3.63) is 40.3 Å². The molecule has 1 amide bonds. The summed E-state index contributed by atoms with van der Waals surface area (Å²) in [5, 5.41) is 6.86. The first kappa shape index (κ1) is 23.6. The minimum Gasteiger partial charge on any atom is -0.492 e. The average Bonchev–Trinajstić information content (AvgIpc) is 3.05. The number of anilines is 2. The number of benzene rings is 1. The van der Waals surface area contributed by atoms with Gasteiger partial charge in [0.1, 0.15) is 10.8 Å². The first-order chi connectivity index (χ1) is 14.4. The van der Waals surface area contributed by atoms with E-state index in [0.29, 0.717) is 52.1 Å². The summed E-state index contributed by atoms with van der Waals surface area (Å²) in [6.45, 7) is 9.16. The molecule has 30 heavy (non-hydrogen) atoms. The number of ether oxygens (including phenoxy) is 2. The van der Waals surface area contributed by atoms with E-state index in [-0.39, 0.29) is 11.0 Å². The molecule has 0 radical (unpaired) electrons. The molecule has 2 N–H and O–H groups in total. The molecule has 0 aliphatic heterocycles. The average molecular weight is 450 g/mol. The number of methoxy groups -OCH3 is 1. The summed E-state index contributed by atoms with van der Waals surface area (Å²) in [5.41, 5.74) is 1.58. The highest BCUT2D eigenvalue weighted by atomic mass is 32.1. The van der Waals surface area contributed by atoms with Crippen molar-refractivity contribution in [1.29, 1.82) is 0 Å². The number of amides is 1. The van der Waals surface area contributed by atoms with Gasteiger partial charge in [0.15, 0.2) is 5.11 Å². The molecule has 9 heteroatoms. The van der Waals surface area contributed by atoms with Crippen LogP contribution in [0.5, 0.6) is 5.75 Å². The van der Waals surface area contributed by atoms with E-state index >= 15 is 0 Å². The minimum atomic E-state index is -0.526. The van der Waals surface area contributed by atoms with Gasteiger partial charge in [0.2, 0.25) is 0 Å². The lowest BCUT2D eigenvalue weighted by Gasteiger charge is -2.18. The second kappa shape index (κ2) is 10.9. The number of carbonyl (C=O) groups is 2. The Morgan fingerprint density at radius 1 is 1.13 bits per heavy atom. The van der Waals surface area contributed by atoms with E-state index in [1.165, 1.54) is 18.4 Å². The van der Waals surface area contributed by atoms with Gasteiger partial charge in [-0.1, -0.05) is 12.1 Å². The minimum absolute atomic E-state index is 0.124. The van der Waals surface area contributed by atoms with Gasteiger partial charge in [0, 0.05) is 13.1 Å². The fourth-order valence-corrected chi connectivity index (χ4v) is 4.36. The Hall–Kier alpha value is -2.65. The van der Waals surface area contributed by atoms with Gasteiger partial charge in [-0.25, -0.2) is 4.79 Å². The molecular formula is C21H27N3O4S2.